The number of carboxylic acid groups (broad SMARTS) is 1. The highest BCUT2D eigenvalue weighted by Crippen LogP contribution is 2.19. The summed E-state index contributed by atoms with van der Waals surface area (Å²) < 4.78 is 0. The Labute approximate surface area is 361 Å². The summed E-state index contributed by atoms with van der Waals surface area (Å²) in [6.45, 7) is 4.73. The monoisotopic (exact) mass is 874 g/mol. The van der Waals surface area contributed by atoms with Gasteiger partial charge in [0.1, 0.15) is 36.3 Å². The molecule has 0 spiro atoms. The SMILES string of the molecule is CC[C@H](C)[C@H](NC(=O)[C@H](CCC(=O)O)NC(=O)[C@H](C)NC)C(=O)N[C@@H](CCCCN)C(=O)N[C@@H](CCCCN)C(=O)N[C@@H](CO)C(=O)N[C@@H](Cc1c[nH]c2ccccc12)C(N)=O. The average molecular weight is 874 g/mol. The first-order chi connectivity index (χ1) is 29.5. The fraction of sp³-hybridized carbons (Fsp3) is 0.610. The molecule has 0 unspecified atom stereocenters. The van der Waals surface area contributed by atoms with Crippen molar-refractivity contribution in [2.75, 3.05) is 26.7 Å². The van der Waals surface area contributed by atoms with Crippen molar-refractivity contribution in [1.82, 2.24) is 42.2 Å². The molecule has 2 aromatic rings. The van der Waals surface area contributed by atoms with E-state index in [1.807, 2.05) is 24.3 Å². The highest BCUT2D eigenvalue weighted by molar-refractivity contribution is 5.97. The Hall–Kier alpha value is -5.64. The van der Waals surface area contributed by atoms with Crippen LogP contribution < -0.4 is 54.4 Å². The minimum atomic E-state index is -1.55. The van der Waals surface area contributed by atoms with Gasteiger partial charge in [0, 0.05) is 29.9 Å². The van der Waals surface area contributed by atoms with Crippen LogP contribution >= 0.6 is 0 Å². The van der Waals surface area contributed by atoms with Crippen molar-refractivity contribution in [3.63, 3.8) is 0 Å². The molecule has 346 valence electrons. The Morgan fingerprint density at radius 3 is 1.71 bits per heavy atom. The molecule has 62 heavy (non-hydrogen) atoms. The number of aromatic nitrogens is 1. The summed E-state index contributed by atoms with van der Waals surface area (Å²) >= 11 is 0. The zero-order chi connectivity index (χ0) is 46.4. The topological polar surface area (TPSA) is 355 Å². The summed E-state index contributed by atoms with van der Waals surface area (Å²) in [7, 11) is 1.54. The number of unbranched alkanes of at least 4 members (excludes halogenated alkanes) is 2. The minimum absolute atomic E-state index is 0.0195. The van der Waals surface area contributed by atoms with Crippen LogP contribution in [0.2, 0.25) is 0 Å². The molecule has 0 saturated heterocycles. The Kier molecular flexibility index (Phi) is 23.1. The van der Waals surface area contributed by atoms with E-state index in [2.05, 4.69) is 42.2 Å². The first-order valence-electron chi connectivity index (χ1n) is 21.1. The third-order valence-electron chi connectivity index (χ3n) is 10.6. The number of carbonyl (C=O) groups is 8. The quantitative estimate of drug-likeness (QED) is 0.0374. The molecule has 0 bridgehead atoms. The summed E-state index contributed by atoms with van der Waals surface area (Å²) in [6, 6.07) is -1.15. The number of H-pyrrole nitrogens is 1. The van der Waals surface area contributed by atoms with Gasteiger partial charge in [0.2, 0.25) is 41.4 Å². The van der Waals surface area contributed by atoms with Crippen molar-refractivity contribution >= 4 is 58.2 Å². The standard InChI is InChI=1S/C41H67N11O10/c1-5-23(2)34(52-39(60)30(16-17-33(54)55)47-36(57)24(3)45-4)41(62)49-29(15-9-11-19-43)37(58)48-28(14-8-10-18-42)38(59)51-32(22-53)40(61)50-31(35(44)56)20-25-21-46-27-13-7-6-12-26(25)27/h6-7,12-13,21,23-24,28-32,34,45-46,53H,5,8-11,14-20,22,42-43H2,1-4H3,(H2,44,56)(H,47,57)(H,48,58)(H,49,62)(H,50,61)(H,51,59)(H,52,60)(H,54,55)/t23-,24-,28-,29-,30-,31-,32-,34-/m0/s1. The molecule has 21 heteroatoms. The number of aliphatic hydroxyl groups is 1. The van der Waals surface area contributed by atoms with Gasteiger partial charge in [-0.3, -0.25) is 38.4 Å². The van der Waals surface area contributed by atoms with Crippen molar-refractivity contribution in [2.24, 2.45) is 23.1 Å². The largest absolute Gasteiger partial charge is 0.481 e. The number of aliphatic hydroxyl groups excluding tert-OH is 1. The molecule has 0 radical (unpaired) electrons. The van der Waals surface area contributed by atoms with Crippen LogP contribution in [0.5, 0.6) is 0 Å². The van der Waals surface area contributed by atoms with Gasteiger partial charge < -0.3 is 69.6 Å². The summed E-state index contributed by atoms with van der Waals surface area (Å²) in [4.78, 5) is 108. The van der Waals surface area contributed by atoms with E-state index < -0.39 is 109 Å². The average Bonchev–Trinajstić information content (AvgIpc) is 3.66. The fourth-order valence-electron chi connectivity index (χ4n) is 6.46. The second kappa shape index (κ2) is 27.3. The van der Waals surface area contributed by atoms with Gasteiger partial charge in [0.25, 0.3) is 0 Å². The predicted octanol–water partition coefficient (Wildman–Crippen LogP) is -2.13. The van der Waals surface area contributed by atoms with E-state index in [0.29, 0.717) is 37.7 Å². The second-order valence-electron chi connectivity index (χ2n) is 15.3. The zero-order valence-corrected chi connectivity index (χ0v) is 36.1. The Balaban J connectivity index is 2.30. The van der Waals surface area contributed by atoms with Gasteiger partial charge in [0.15, 0.2) is 0 Å². The maximum atomic E-state index is 14.0. The number of aliphatic carboxylic acids is 1. The zero-order valence-electron chi connectivity index (χ0n) is 36.1. The molecule has 16 N–H and O–H groups in total. The lowest BCUT2D eigenvalue weighted by Crippen LogP contribution is -2.61. The van der Waals surface area contributed by atoms with Gasteiger partial charge >= 0.3 is 5.97 Å². The van der Waals surface area contributed by atoms with Crippen molar-refractivity contribution in [3.8, 4) is 0 Å². The molecule has 0 saturated carbocycles. The molecule has 2 rings (SSSR count). The third-order valence-corrected chi connectivity index (χ3v) is 10.6. The molecular weight excluding hydrogens is 807 g/mol. The Morgan fingerprint density at radius 2 is 1.18 bits per heavy atom. The molecule has 1 heterocycles. The van der Waals surface area contributed by atoms with Gasteiger partial charge in [-0.05, 0) is 89.6 Å². The van der Waals surface area contributed by atoms with Crippen molar-refractivity contribution in [2.45, 2.75) is 127 Å². The number of carboxylic acids is 1. The van der Waals surface area contributed by atoms with Gasteiger partial charge in [-0.25, -0.2) is 0 Å². The van der Waals surface area contributed by atoms with E-state index in [-0.39, 0.29) is 38.8 Å². The normalized spacial score (nSPS) is 15.1. The highest BCUT2D eigenvalue weighted by Gasteiger charge is 2.35. The maximum absolute atomic E-state index is 14.0. The van der Waals surface area contributed by atoms with Gasteiger partial charge in [-0.15, -0.1) is 0 Å². The number of rotatable bonds is 30. The number of aromatic amines is 1. The number of benzene rings is 1. The number of primary amides is 1. The minimum Gasteiger partial charge on any atom is -0.481 e. The molecule has 0 fully saturated rings. The van der Waals surface area contributed by atoms with Crippen LogP contribution in [0.25, 0.3) is 10.9 Å². The molecule has 7 amide bonds. The van der Waals surface area contributed by atoms with Gasteiger partial charge in [-0.2, -0.15) is 0 Å². The molecule has 0 aliphatic rings. The van der Waals surface area contributed by atoms with Crippen LogP contribution in [0.4, 0.5) is 0 Å². The number of hydrogen-bond donors (Lipinski definition) is 13. The van der Waals surface area contributed by atoms with E-state index in [1.165, 1.54) is 7.05 Å². The molecule has 0 aliphatic heterocycles. The van der Waals surface area contributed by atoms with Crippen LogP contribution in [0, 0.1) is 5.92 Å². The first kappa shape index (κ1) is 52.5. The second-order valence-corrected chi connectivity index (χ2v) is 15.3. The molecule has 1 aromatic heterocycles. The summed E-state index contributed by atoms with van der Waals surface area (Å²) in [5.74, 6) is -7.14. The van der Waals surface area contributed by atoms with Crippen LogP contribution in [-0.4, -0.2) is 132 Å². The lowest BCUT2D eigenvalue weighted by molar-refractivity contribution is -0.138. The summed E-state index contributed by atoms with van der Waals surface area (Å²) in [6.07, 6.45) is 3.27. The lowest BCUT2D eigenvalue weighted by Gasteiger charge is -2.29. The predicted molar refractivity (Wildman–Crippen MR) is 231 cm³/mol. The van der Waals surface area contributed by atoms with Crippen LogP contribution in [0.3, 0.4) is 0 Å². The van der Waals surface area contributed by atoms with Gasteiger partial charge in [-0.1, -0.05) is 38.5 Å². The van der Waals surface area contributed by atoms with E-state index in [4.69, 9.17) is 17.2 Å². The smallest absolute Gasteiger partial charge is 0.303 e. The van der Waals surface area contributed by atoms with Crippen molar-refractivity contribution in [1.29, 1.82) is 0 Å². The molecule has 8 atom stereocenters. The Morgan fingerprint density at radius 1 is 0.677 bits per heavy atom. The van der Waals surface area contributed by atoms with E-state index >= 15 is 0 Å². The van der Waals surface area contributed by atoms with E-state index in [0.717, 1.165) is 10.9 Å². The van der Waals surface area contributed by atoms with Crippen molar-refractivity contribution < 1.29 is 48.6 Å². The Bertz CT molecular complexity index is 1810. The number of nitrogens with one attached hydrogen (secondary N) is 8. The number of para-hydroxylation sites is 1. The fourth-order valence-corrected chi connectivity index (χ4v) is 6.46. The molecular formula is C41H67N11O10. The molecule has 21 nitrogen and oxygen atoms in total. The van der Waals surface area contributed by atoms with Gasteiger partial charge in [0.05, 0.1) is 12.6 Å². The molecule has 0 aliphatic carbocycles. The number of carbonyl (C=O) groups excluding carboxylic acids is 7. The summed E-state index contributed by atoms with van der Waals surface area (Å²) in [5.41, 5.74) is 18.5. The van der Waals surface area contributed by atoms with E-state index in [1.54, 1.807) is 27.0 Å². The number of nitrogens with two attached hydrogens (primary N) is 3. The number of hydrogen-bond acceptors (Lipinski definition) is 12. The maximum Gasteiger partial charge on any atom is 0.303 e. The van der Waals surface area contributed by atoms with Crippen LogP contribution in [-0.2, 0) is 44.8 Å². The first-order valence-corrected chi connectivity index (χ1v) is 21.1. The van der Waals surface area contributed by atoms with E-state index in [9.17, 15) is 48.6 Å². The number of amides is 7. The highest BCUT2D eigenvalue weighted by atomic mass is 16.4. The lowest BCUT2D eigenvalue weighted by atomic mass is 9.96. The third kappa shape index (κ3) is 17.0. The summed E-state index contributed by atoms with van der Waals surface area (Å²) in [5, 5.41) is 38.5. The molecule has 1 aromatic carbocycles. The number of fused-ring (bicyclic) bond motifs is 1. The number of likely N-dealkylation sites (N-methyl/N-ethyl adjacent to an activating group) is 1. The van der Waals surface area contributed by atoms with Crippen LogP contribution in [0.1, 0.15) is 84.1 Å². The van der Waals surface area contributed by atoms with Crippen LogP contribution in [0.15, 0.2) is 30.5 Å². The van der Waals surface area contributed by atoms with Crippen molar-refractivity contribution in [3.05, 3.63) is 36.0 Å².